The second-order valence-electron chi connectivity index (χ2n) is 7.34. The van der Waals surface area contributed by atoms with Crippen LogP contribution in [-0.2, 0) is 6.54 Å². The fraction of sp³-hybridized carbons (Fsp3) is 0.765. The zero-order valence-electron chi connectivity index (χ0n) is 13.7. The van der Waals surface area contributed by atoms with E-state index < -0.39 is 0 Å². The molecule has 122 valence electrons. The van der Waals surface area contributed by atoms with Gasteiger partial charge in [0, 0.05) is 11.6 Å². The van der Waals surface area contributed by atoms with Crippen LogP contribution in [-0.4, -0.2) is 27.8 Å². The minimum Gasteiger partial charge on any atom is -0.476 e. The van der Waals surface area contributed by atoms with Gasteiger partial charge in [-0.1, -0.05) is 38.5 Å². The van der Waals surface area contributed by atoms with Crippen LogP contribution in [0.5, 0.6) is 5.88 Å². The van der Waals surface area contributed by atoms with E-state index in [2.05, 4.69) is 24.3 Å². The van der Waals surface area contributed by atoms with Crippen molar-refractivity contribution in [2.45, 2.75) is 70.9 Å². The summed E-state index contributed by atoms with van der Waals surface area (Å²) in [5.41, 5.74) is 0.268. The van der Waals surface area contributed by atoms with E-state index in [1.54, 1.807) is 10.7 Å². The Balaban J connectivity index is 1.58. The van der Waals surface area contributed by atoms with Crippen LogP contribution in [0.3, 0.4) is 0 Å². The number of carbonyl (C=O) groups excluding carboxylic acids is 1. The predicted octanol–water partition coefficient (Wildman–Crippen LogP) is 3.14. The Bertz CT molecular complexity index is 507. The number of hydrogen-bond acceptors (Lipinski definition) is 3. The molecule has 1 aromatic rings. The Morgan fingerprint density at radius 1 is 1.36 bits per heavy atom. The Morgan fingerprint density at radius 2 is 2.09 bits per heavy atom. The van der Waals surface area contributed by atoms with Crippen LogP contribution in [0, 0.1) is 5.92 Å². The first kappa shape index (κ1) is 15.4. The molecule has 0 radical (unpaired) electrons. The number of aromatic nitrogens is 2. The third kappa shape index (κ3) is 3.62. The van der Waals surface area contributed by atoms with E-state index in [1.807, 2.05) is 0 Å². The van der Waals surface area contributed by atoms with Crippen molar-refractivity contribution in [2.24, 2.45) is 5.92 Å². The van der Waals surface area contributed by atoms with E-state index in [0.29, 0.717) is 18.2 Å². The van der Waals surface area contributed by atoms with E-state index in [1.165, 1.54) is 38.5 Å². The third-order valence-electron chi connectivity index (χ3n) is 4.75. The molecule has 22 heavy (non-hydrogen) atoms. The van der Waals surface area contributed by atoms with Crippen LogP contribution in [0.15, 0.2) is 6.07 Å². The van der Waals surface area contributed by atoms with Gasteiger partial charge in [-0.2, -0.15) is 5.10 Å². The van der Waals surface area contributed by atoms with Gasteiger partial charge in [0.25, 0.3) is 5.91 Å². The van der Waals surface area contributed by atoms with Crippen LogP contribution >= 0.6 is 0 Å². The van der Waals surface area contributed by atoms with Gasteiger partial charge in [-0.15, -0.1) is 0 Å². The molecule has 0 unspecified atom stereocenters. The van der Waals surface area contributed by atoms with Crippen molar-refractivity contribution in [1.82, 2.24) is 15.1 Å². The Morgan fingerprint density at radius 3 is 2.77 bits per heavy atom. The molecule has 1 saturated carbocycles. The summed E-state index contributed by atoms with van der Waals surface area (Å²) in [6.07, 6.45) is 9.03. The lowest BCUT2D eigenvalue weighted by molar-refractivity contribution is 0.0893. The molecule has 1 aliphatic carbocycles. The molecule has 1 amide bonds. The SMILES string of the molecule is CC(C)(CC1CCCCCC1)NC(=O)c1cc2n(n1)CCO2. The number of hydrogen-bond donors (Lipinski definition) is 1. The monoisotopic (exact) mass is 305 g/mol. The molecule has 0 atom stereocenters. The van der Waals surface area contributed by atoms with Gasteiger partial charge in [0.1, 0.15) is 6.61 Å². The second-order valence-corrected chi connectivity index (χ2v) is 7.34. The third-order valence-corrected chi connectivity index (χ3v) is 4.75. The zero-order valence-corrected chi connectivity index (χ0v) is 13.7. The molecule has 1 N–H and O–H groups in total. The van der Waals surface area contributed by atoms with Crippen molar-refractivity contribution < 1.29 is 9.53 Å². The Labute approximate surface area is 132 Å². The largest absolute Gasteiger partial charge is 0.476 e. The van der Waals surface area contributed by atoms with Gasteiger partial charge in [-0.05, 0) is 26.2 Å². The second kappa shape index (κ2) is 6.31. The molecule has 0 saturated heterocycles. The summed E-state index contributed by atoms with van der Waals surface area (Å²) >= 11 is 0. The normalized spacial score (nSPS) is 19.4. The Kier molecular flexibility index (Phi) is 4.41. The van der Waals surface area contributed by atoms with Crippen LogP contribution in [0.25, 0.3) is 0 Å². The maximum atomic E-state index is 12.4. The molecule has 1 fully saturated rings. The van der Waals surface area contributed by atoms with Crippen LogP contribution < -0.4 is 10.1 Å². The molecule has 2 aliphatic rings. The summed E-state index contributed by atoms with van der Waals surface area (Å²) in [6, 6.07) is 1.74. The summed E-state index contributed by atoms with van der Waals surface area (Å²) < 4.78 is 7.17. The van der Waals surface area contributed by atoms with E-state index in [-0.39, 0.29) is 11.4 Å². The lowest BCUT2D eigenvalue weighted by Crippen LogP contribution is -2.45. The molecule has 5 nitrogen and oxygen atoms in total. The van der Waals surface area contributed by atoms with E-state index in [4.69, 9.17) is 4.74 Å². The van der Waals surface area contributed by atoms with Gasteiger partial charge >= 0.3 is 0 Å². The highest BCUT2D eigenvalue weighted by Gasteiger charge is 2.28. The minimum atomic E-state index is -0.193. The summed E-state index contributed by atoms with van der Waals surface area (Å²) in [7, 11) is 0. The average molecular weight is 305 g/mol. The van der Waals surface area contributed by atoms with Gasteiger partial charge < -0.3 is 10.1 Å². The fourth-order valence-corrected chi connectivity index (χ4v) is 3.74. The molecule has 2 heterocycles. The van der Waals surface area contributed by atoms with Crippen molar-refractivity contribution >= 4 is 5.91 Å². The number of fused-ring (bicyclic) bond motifs is 1. The molecular weight excluding hydrogens is 278 g/mol. The van der Waals surface area contributed by atoms with Crippen molar-refractivity contribution in [1.29, 1.82) is 0 Å². The molecule has 0 spiro atoms. The molecule has 3 rings (SSSR count). The van der Waals surface area contributed by atoms with Gasteiger partial charge in [-0.25, -0.2) is 4.68 Å². The van der Waals surface area contributed by atoms with Gasteiger partial charge in [-0.3, -0.25) is 4.79 Å². The van der Waals surface area contributed by atoms with Gasteiger partial charge in [0.05, 0.1) is 6.54 Å². The van der Waals surface area contributed by atoms with Crippen molar-refractivity contribution in [3.63, 3.8) is 0 Å². The fourth-order valence-electron chi connectivity index (χ4n) is 3.74. The van der Waals surface area contributed by atoms with Crippen molar-refractivity contribution in [3.8, 4) is 5.88 Å². The average Bonchev–Trinajstić information content (AvgIpc) is 2.94. The standard InChI is InChI=1S/C17H27N3O2/c1-17(2,12-13-7-5-3-4-6-8-13)18-16(21)14-11-15-20(19-14)9-10-22-15/h11,13H,3-10,12H2,1-2H3,(H,18,21). The molecule has 0 bridgehead atoms. The number of amides is 1. The first-order valence-corrected chi connectivity index (χ1v) is 8.57. The van der Waals surface area contributed by atoms with Gasteiger partial charge in [0.15, 0.2) is 5.69 Å². The molecular formula is C17H27N3O2. The highest BCUT2D eigenvalue weighted by atomic mass is 16.5. The maximum Gasteiger partial charge on any atom is 0.272 e. The van der Waals surface area contributed by atoms with Crippen molar-refractivity contribution in [2.75, 3.05) is 6.61 Å². The van der Waals surface area contributed by atoms with Crippen LogP contribution in [0.1, 0.15) is 69.3 Å². The smallest absolute Gasteiger partial charge is 0.272 e. The minimum absolute atomic E-state index is 0.0934. The van der Waals surface area contributed by atoms with E-state index >= 15 is 0 Å². The molecule has 5 heteroatoms. The number of carbonyl (C=O) groups is 1. The van der Waals surface area contributed by atoms with Crippen LogP contribution in [0.2, 0.25) is 0 Å². The lowest BCUT2D eigenvalue weighted by atomic mass is 9.86. The predicted molar refractivity (Wildman–Crippen MR) is 85.1 cm³/mol. The first-order chi connectivity index (χ1) is 10.5. The zero-order chi connectivity index (χ0) is 15.6. The molecule has 1 aliphatic heterocycles. The van der Waals surface area contributed by atoms with E-state index in [9.17, 15) is 4.79 Å². The number of nitrogens with one attached hydrogen (secondary N) is 1. The molecule has 0 aromatic carbocycles. The summed E-state index contributed by atoms with van der Waals surface area (Å²) in [5.74, 6) is 1.34. The topological polar surface area (TPSA) is 56.2 Å². The van der Waals surface area contributed by atoms with Crippen molar-refractivity contribution in [3.05, 3.63) is 11.8 Å². The lowest BCUT2D eigenvalue weighted by Gasteiger charge is -2.30. The number of ether oxygens (including phenoxy) is 1. The van der Waals surface area contributed by atoms with Crippen LogP contribution in [0.4, 0.5) is 0 Å². The van der Waals surface area contributed by atoms with E-state index in [0.717, 1.165) is 18.9 Å². The summed E-state index contributed by atoms with van der Waals surface area (Å²) in [5, 5.41) is 7.47. The number of rotatable bonds is 4. The molecule has 1 aromatic heterocycles. The number of nitrogens with zero attached hydrogens (tertiary/aromatic N) is 2. The Hall–Kier alpha value is -1.52. The highest BCUT2D eigenvalue weighted by molar-refractivity contribution is 5.93. The highest BCUT2D eigenvalue weighted by Crippen LogP contribution is 2.30. The first-order valence-electron chi connectivity index (χ1n) is 8.57. The maximum absolute atomic E-state index is 12.4. The quantitative estimate of drug-likeness (QED) is 0.869. The summed E-state index contributed by atoms with van der Waals surface area (Å²) in [6.45, 7) is 5.62. The summed E-state index contributed by atoms with van der Waals surface area (Å²) in [4.78, 5) is 12.4. The van der Waals surface area contributed by atoms with Gasteiger partial charge in [0.2, 0.25) is 5.88 Å².